The molecule has 0 bridgehead atoms. The number of hydrogen-bond acceptors (Lipinski definition) is 4. The molecule has 1 atom stereocenters. The average Bonchev–Trinajstić information content (AvgIpc) is 3.41. The van der Waals surface area contributed by atoms with Crippen molar-refractivity contribution in [1.29, 1.82) is 0 Å². The van der Waals surface area contributed by atoms with Crippen LogP contribution in [0.4, 0.5) is 4.79 Å². The molecule has 166 valence electrons. The van der Waals surface area contributed by atoms with Gasteiger partial charge in [0.25, 0.3) is 5.91 Å². The number of rotatable bonds is 5. The Kier molecular flexibility index (Phi) is 5.33. The Labute approximate surface area is 187 Å². The lowest BCUT2D eigenvalue weighted by molar-refractivity contribution is -0.139. The third-order valence-electron chi connectivity index (χ3n) is 6.75. The molecule has 32 heavy (non-hydrogen) atoms. The smallest absolute Gasteiger partial charge is 0.325 e. The molecule has 0 saturated carbocycles. The van der Waals surface area contributed by atoms with Gasteiger partial charge in [0.15, 0.2) is 0 Å². The maximum absolute atomic E-state index is 13.5. The van der Waals surface area contributed by atoms with Crippen molar-refractivity contribution in [1.82, 2.24) is 15.1 Å². The van der Waals surface area contributed by atoms with Crippen molar-refractivity contribution in [3.8, 4) is 0 Å². The quantitative estimate of drug-likeness (QED) is 0.726. The van der Waals surface area contributed by atoms with Crippen molar-refractivity contribution in [2.24, 2.45) is 0 Å². The number of furan rings is 1. The molecule has 1 N–H and O–H groups in total. The van der Waals surface area contributed by atoms with Gasteiger partial charge in [0, 0.05) is 5.70 Å². The van der Waals surface area contributed by atoms with Crippen LogP contribution >= 0.6 is 0 Å². The molecular weight excluding hydrogens is 406 g/mol. The van der Waals surface area contributed by atoms with Crippen LogP contribution in [-0.2, 0) is 28.1 Å². The van der Waals surface area contributed by atoms with Gasteiger partial charge in [-0.1, -0.05) is 30.3 Å². The standard InChI is InChI=1S/C25H27N3O4/c29-22(27(16-20-12-7-15-32-20)19-10-2-1-3-11-19)17-28-23(30)25(26-24(28)31)14-6-9-18-8-4-5-13-21(18)25/h4-5,7-8,10,12-13,15H,1-3,6,9,11,14,16-17H2,(H,26,31). The minimum absolute atomic E-state index is 0.279. The number of benzene rings is 1. The molecule has 7 heteroatoms. The highest BCUT2D eigenvalue weighted by Crippen LogP contribution is 2.40. The summed E-state index contributed by atoms with van der Waals surface area (Å²) in [5.41, 5.74) is 1.79. The van der Waals surface area contributed by atoms with Gasteiger partial charge in [-0.2, -0.15) is 0 Å². The summed E-state index contributed by atoms with van der Waals surface area (Å²) < 4.78 is 5.47. The summed E-state index contributed by atoms with van der Waals surface area (Å²) in [6, 6.07) is 10.9. The maximum atomic E-state index is 13.5. The fourth-order valence-corrected chi connectivity index (χ4v) is 5.15. The van der Waals surface area contributed by atoms with E-state index in [1.165, 1.54) is 0 Å². The topological polar surface area (TPSA) is 82.9 Å². The first kappa shape index (κ1) is 20.5. The molecule has 1 aromatic carbocycles. The van der Waals surface area contributed by atoms with Crippen molar-refractivity contribution in [3.05, 3.63) is 71.3 Å². The van der Waals surface area contributed by atoms with Gasteiger partial charge in [0.1, 0.15) is 17.8 Å². The summed E-state index contributed by atoms with van der Waals surface area (Å²) in [6.07, 6.45) is 9.71. The number of hydrogen-bond donors (Lipinski definition) is 1. The first-order valence-electron chi connectivity index (χ1n) is 11.3. The Balaban J connectivity index is 1.40. The van der Waals surface area contributed by atoms with Crippen molar-refractivity contribution >= 4 is 17.8 Å². The Morgan fingerprint density at radius 2 is 1.97 bits per heavy atom. The second-order valence-electron chi connectivity index (χ2n) is 8.74. The third kappa shape index (κ3) is 3.51. The number of nitrogens with one attached hydrogen (secondary N) is 1. The van der Waals surface area contributed by atoms with Gasteiger partial charge < -0.3 is 14.6 Å². The van der Waals surface area contributed by atoms with Crippen LogP contribution in [0.15, 0.2) is 58.9 Å². The molecule has 1 spiro atoms. The van der Waals surface area contributed by atoms with E-state index >= 15 is 0 Å². The van der Waals surface area contributed by atoms with E-state index in [1.807, 2.05) is 30.3 Å². The predicted octanol–water partition coefficient (Wildman–Crippen LogP) is 3.85. The minimum Gasteiger partial charge on any atom is -0.467 e. The van der Waals surface area contributed by atoms with Gasteiger partial charge in [-0.05, 0) is 68.2 Å². The maximum Gasteiger partial charge on any atom is 0.325 e. The van der Waals surface area contributed by atoms with Gasteiger partial charge in [-0.15, -0.1) is 0 Å². The number of aryl methyl sites for hydroxylation is 1. The van der Waals surface area contributed by atoms with E-state index in [1.54, 1.807) is 17.2 Å². The lowest BCUT2D eigenvalue weighted by Crippen LogP contribution is -2.47. The summed E-state index contributed by atoms with van der Waals surface area (Å²) in [5, 5.41) is 2.93. The zero-order chi connectivity index (χ0) is 22.1. The second-order valence-corrected chi connectivity index (χ2v) is 8.74. The molecule has 0 radical (unpaired) electrons. The molecule has 2 heterocycles. The van der Waals surface area contributed by atoms with Crippen LogP contribution in [0, 0.1) is 0 Å². The number of amides is 4. The van der Waals surface area contributed by atoms with Crippen molar-refractivity contribution in [2.75, 3.05) is 6.54 Å². The Hall–Kier alpha value is -3.35. The summed E-state index contributed by atoms with van der Waals surface area (Å²) in [4.78, 5) is 42.6. The number of allylic oxidation sites excluding steroid dienone is 2. The fraction of sp³-hybridized carbons (Fsp3) is 0.400. The highest BCUT2D eigenvalue weighted by molar-refractivity contribution is 6.09. The Morgan fingerprint density at radius 3 is 2.75 bits per heavy atom. The number of carbonyl (C=O) groups is 3. The van der Waals surface area contributed by atoms with E-state index in [0.717, 1.165) is 60.2 Å². The van der Waals surface area contributed by atoms with E-state index in [0.29, 0.717) is 12.2 Å². The number of urea groups is 1. The van der Waals surface area contributed by atoms with Gasteiger partial charge in [-0.25, -0.2) is 4.79 Å². The molecule has 7 nitrogen and oxygen atoms in total. The zero-order valence-corrected chi connectivity index (χ0v) is 18.0. The van der Waals surface area contributed by atoms with Crippen LogP contribution in [0.3, 0.4) is 0 Å². The van der Waals surface area contributed by atoms with Gasteiger partial charge in [0.2, 0.25) is 5.91 Å². The van der Waals surface area contributed by atoms with Crippen molar-refractivity contribution < 1.29 is 18.8 Å². The van der Waals surface area contributed by atoms with Gasteiger partial charge >= 0.3 is 6.03 Å². The number of imide groups is 1. The monoisotopic (exact) mass is 433 g/mol. The Morgan fingerprint density at radius 1 is 1.09 bits per heavy atom. The average molecular weight is 434 g/mol. The molecule has 1 aliphatic heterocycles. The molecule has 1 fully saturated rings. The number of nitrogens with zero attached hydrogens (tertiary/aromatic N) is 2. The molecule has 1 aromatic heterocycles. The third-order valence-corrected chi connectivity index (χ3v) is 6.75. The van der Waals surface area contributed by atoms with Crippen LogP contribution in [0.1, 0.15) is 55.4 Å². The molecule has 3 aliphatic rings. The van der Waals surface area contributed by atoms with E-state index < -0.39 is 11.6 Å². The minimum atomic E-state index is -1.07. The largest absolute Gasteiger partial charge is 0.467 e. The van der Waals surface area contributed by atoms with E-state index in [9.17, 15) is 14.4 Å². The van der Waals surface area contributed by atoms with Crippen LogP contribution in [0.5, 0.6) is 0 Å². The molecule has 1 unspecified atom stereocenters. The van der Waals surface area contributed by atoms with E-state index in [-0.39, 0.29) is 24.9 Å². The highest BCUT2D eigenvalue weighted by Gasteiger charge is 2.54. The van der Waals surface area contributed by atoms with Crippen LogP contribution in [0.25, 0.3) is 0 Å². The molecular formula is C25H27N3O4. The summed E-state index contributed by atoms with van der Waals surface area (Å²) in [5.74, 6) is 0.0532. The van der Waals surface area contributed by atoms with Crippen LogP contribution in [-0.4, -0.2) is 34.2 Å². The lowest BCUT2D eigenvalue weighted by atomic mass is 9.76. The summed E-state index contributed by atoms with van der Waals surface area (Å²) in [7, 11) is 0. The lowest BCUT2D eigenvalue weighted by Gasteiger charge is -2.33. The molecule has 5 rings (SSSR count). The Bertz CT molecular complexity index is 1070. The van der Waals surface area contributed by atoms with Crippen molar-refractivity contribution in [3.63, 3.8) is 0 Å². The SMILES string of the molecule is O=C(CN1C(=O)NC2(CCCc3ccccc32)C1=O)N(Cc1ccco1)C1=CCCCC1. The highest BCUT2D eigenvalue weighted by atomic mass is 16.3. The van der Waals surface area contributed by atoms with Gasteiger partial charge in [0.05, 0.1) is 12.8 Å². The predicted molar refractivity (Wildman–Crippen MR) is 117 cm³/mol. The van der Waals surface area contributed by atoms with Gasteiger partial charge in [-0.3, -0.25) is 14.5 Å². The fourth-order valence-electron chi connectivity index (χ4n) is 5.15. The molecule has 2 aromatic rings. The molecule has 2 aliphatic carbocycles. The number of carbonyl (C=O) groups excluding carboxylic acids is 3. The summed E-state index contributed by atoms with van der Waals surface area (Å²) >= 11 is 0. The second kappa shape index (κ2) is 8.30. The van der Waals surface area contributed by atoms with Crippen LogP contribution < -0.4 is 5.32 Å². The normalized spacial score (nSPS) is 22.5. The number of fused-ring (bicyclic) bond motifs is 2. The molecule has 1 saturated heterocycles. The molecule has 4 amide bonds. The summed E-state index contributed by atoms with van der Waals surface area (Å²) in [6.45, 7) is 0.00191. The van der Waals surface area contributed by atoms with E-state index in [4.69, 9.17) is 4.42 Å². The zero-order valence-electron chi connectivity index (χ0n) is 18.0. The first-order chi connectivity index (χ1) is 15.6. The van der Waals surface area contributed by atoms with E-state index in [2.05, 4.69) is 11.4 Å². The van der Waals surface area contributed by atoms with Crippen LogP contribution in [0.2, 0.25) is 0 Å². The van der Waals surface area contributed by atoms with Crippen molar-refractivity contribution in [2.45, 2.75) is 57.0 Å². The first-order valence-corrected chi connectivity index (χ1v) is 11.3.